The fourth-order valence-corrected chi connectivity index (χ4v) is 2.20. The van der Waals surface area contributed by atoms with Crippen molar-refractivity contribution < 1.29 is 9.90 Å². The Morgan fingerprint density at radius 3 is 2.43 bits per heavy atom. The van der Waals surface area contributed by atoms with Crippen LogP contribution in [0.5, 0.6) is 0 Å². The van der Waals surface area contributed by atoms with Crippen molar-refractivity contribution in [3.05, 3.63) is 59.7 Å². The molecule has 0 spiro atoms. The van der Waals surface area contributed by atoms with E-state index >= 15 is 0 Å². The monoisotopic (exact) mass is 285 g/mol. The van der Waals surface area contributed by atoms with Crippen molar-refractivity contribution in [2.75, 3.05) is 23.8 Å². The summed E-state index contributed by atoms with van der Waals surface area (Å²) in [6.07, 6.45) is 0. The number of primary amides is 1. The molecule has 0 aliphatic rings. The summed E-state index contributed by atoms with van der Waals surface area (Å²) in [7, 11) is 0. The number of benzene rings is 2. The Bertz CT molecular complexity index is 614. The molecule has 2 aromatic rings. The zero-order chi connectivity index (χ0) is 15.2. The van der Waals surface area contributed by atoms with Crippen LogP contribution in [0, 0.1) is 0 Å². The van der Waals surface area contributed by atoms with Gasteiger partial charge in [-0.05, 0) is 23.8 Å². The Morgan fingerprint density at radius 2 is 1.86 bits per heavy atom. The van der Waals surface area contributed by atoms with Gasteiger partial charge in [-0.25, -0.2) is 0 Å². The van der Waals surface area contributed by atoms with Gasteiger partial charge in [0, 0.05) is 18.7 Å². The molecule has 0 aliphatic carbocycles. The maximum atomic E-state index is 11.2. The third-order valence-electron chi connectivity index (χ3n) is 3.24. The number of nitrogens with zero attached hydrogens (tertiary/aromatic N) is 1. The lowest BCUT2D eigenvalue weighted by Crippen LogP contribution is -2.27. The number of aliphatic hydroxyl groups is 1. The molecule has 1 amide bonds. The highest BCUT2D eigenvalue weighted by Gasteiger charge is 2.12. The Kier molecular flexibility index (Phi) is 4.79. The van der Waals surface area contributed by atoms with Gasteiger partial charge in [-0.1, -0.05) is 30.3 Å². The van der Waals surface area contributed by atoms with Gasteiger partial charge in [-0.3, -0.25) is 4.79 Å². The first-order chi connectivity index (χ1) is 10.1. The van der Waals surface area contributed by atoms with E-state index in [0.717, 1.165) is 11.3 Å². The summed E-state index contributed by atoms with van der Waals surface area (Å²) in [6, 6.07) is 14.9. The molecule has 2 rings (SSSR count). The molecule has 0 unspecified atom stereocenters. The zero-order valence-electron chi connectivity index (χ0n) is 11.7. The van der Waals surface area contributed by atoms with Gasteiger partial charge in [-0.2, -0.15) is 0 Å². The first-order valence-electron chi connectivity index (χ1n) is 6.71. The molecule has 21 heavy (non-hydrogen) atoms. The minimum atomic E-state index is -0.509. The Labute approximate surface area is 123 Å². The summed E-state index contributed by atoms with van der Waals surface area (Å²) in [5.74, 6) is -0.509. The molecule has 0 bridgehead atoms. The van der Waals surface area contributed by atoms with E-state index in [1.807, 2.05) is 35.2 Å². The number of hydrogen-bond acceptors (Lipinski definition) is 4. The molecule has 5 N–H and O–H groups in total. The van der Waals surface area contributed by atoms with Crippen LogP contribution in [0.15, 0.2) is 48.5 Å². The van der Waals surface area contributed by atoms with Gasteiger partial charge < -0.3 is 21.5 Å². The summed E-state index contributed by atoms with van der Waals surface area (Å²) in [5.41, 5.74) is 14.0. The van der Waals surface area contributed by atoms with Crippen molar-refractivity contribution in [3.63, 3.8) is 0 Å². The lowest BCUT2D eigenvalue weighted by atomic mass is 10.1. The van der Waals surface area contributed by atoms with Crippen molar-refractivity contribution in [3.8, 4) is 0 Å². The number of nitrogen functional groups attached to an aromatic ring is 1. The summed E-state index contributed by atoms with van der Waals surface area (Å²) in [6.45, 7) is 1.10. The molecular weight excluding hydrogens is 266 g/mol. The molecule has 0 heterocycles. The van der Waals surface area contributed by atoms with Crippen molar-refractivity contribution in [2.24, 2.45) is 5.73 Å². The number of anilines is 2. The summed E-state index contributed by atoms with van der Waals surface area (Å²) < 4.78 is 0. The Hall–Kier alpha value is -2.53. The third-order valence-corrected chi connectivity index (χ3v) is 3.24. The van der Waals surface area contributed by atoms with Crippen LogP contribution in [0.2, 0.25) is 0 Å². The van der Waals surface area contributed by atoms with Crippen molar-refractivity contribution in [1.82, 2.24) is 0 Å². The second kappa shape index (κ2) is 6.76. The lowest BCUT2D eigenvalue weighted by Gasteiger charge is -2.25. The predicted octanol–water partition coefficient (Wildman–Crippen LogP) is 1.37. The molecule has 5 nitrogen and oxygen atoms in total. The number of carbonyl (C=O) groups is 1. The number of rotatable bonds is 6. The van der Waals surface area contributed by atoms with Gasteiger partial charge >= 0.3 is 0 Å². The SMILES string of the molecule is NC(=O)c1ccc(N(CCO)Cc2ccccc2)c(N)c1. The maximum Gasteiger partial charge on any atom is 0.248 e. The van der Waals surface area contributed by atoms with Gasteiger partial charge in [0.2, 0.25) is 5.91 Å². The van der Waals surface area contributed by atoms with Crippen molar-refractivity contribution >= 4 is 17.3 Å². The van der Waals surface area contributed by atoms with Crippen LogP contribution in [0.25, 0.3) is 0 Å². The second-order valence-electron chi connectivity index (χ2n) is 4.77. The molecule has 110 valence electrons. The highest BCUT2D eigenvalue weighted by molar-refractivity contribution is 5.94. The topological polar surface area (TPSA) is 92.6 Å². The summed E-state index contributed by atoms with van der Waals surface area (Å²) in [4.78, 5) is 13.1. The summed E-state index contributed by atoms with van der Waals surface area (Å²) in [5, 5.41) is 9.25. The van der Waals surface area contributed by atoms with Crippen LogP contribution in [0.3, 0.4) is 0 Å². The molecule has 0 radical (unpaired) electrons. The lowest BCUT2D eigenvalue weighted by molar-refractivity contribution is 0.100. The van der Waals surface area contributed by atoms with Crippen LogP contribution in [0.4, 0.5) is 11.4 Å². The second-order valence-corrected chi connectivity index (χ2v) is 4.77. The van der Waals surface area contributed by atoms with E-state index in [1.54, 1.807) is 18.2 Å². The van der Waals surface area contributed by atoms with E-state index in [-0.39, 0.29) is 6.61 Å². The van der Waals surface area contributed by atoms with E-state index in [0.29, 0.717) is 24.3 Å². The first kappa shape index (κ1) is 14.9. The highest BCUT2D eigenvalue weighted by atomic mass is 16.3. The molecule has 0 atom stereocenters. The molecular formula is C16H19N3O2. The van der Waals surface area contributed by atoms with Crippen LogP contribution in [-0.4, -0.2) is 24.2 Å². The summed E-state index contributed by atoms with van der Waals surface area (Å²) >= 11 is 0. The van der Waals surface area contributed by atoms with Crippen molar-refractivity contribution in [1.29, 1.82) is 0 Å². The van der Waals surface area contributed by atoms with E-state index in [2.05, 4.69) is 0 Å². The van der Waals surface area contributed by atoms with Gasteiger partial charge in [0.05, 0.1) is 18.0 Å². The van der Waals surface area contributed by atoms with Crippen LogP contribution in [-0.2, 0) is 6.54 Å². The molecule has 0 fully saturated rings. The zero-order valence-corrected chi connectivity index (χ0v) is 11.7. The van der Waals surface area contributed by atoms with Crippen LogP contribution < -0.4 is 16.4 Å². The number of hydrogen-bond donors (Lipinski definition) is 3. The molecule has 2 aromatic carbocycles. The smallest absolute Gasteiger partial charge is 0.248 e. The van der Waals surface area contributed by atoms with Gasteiger partial charge in [-0.15, -0.1) is 0 Å². The normalized spacial score (nSPS) is 10.3. The number of amides is 1. The minimum Gasteiger partial charge on any atom is -0.397 e. The largest absolute Gasteiger partial charge is 0.397 e. The maximum absolute atomic E-state index is 11.2. The molecule has 0 saturated heterocycles. The Morgan fingerprint density at radius 1 is 1.14 bits per heavy atom. The van der Waals surface area contributed by atoms with Crippen LogP contribution >= 0.6 is 0 Å². The van der Waals surface area contributed by atoms with E-state index < -0.39 is 5.91 Å². The van der Waals surface area contributed by atoms with E-state index in [1.165, 1.54) is 0 Å². The number of nitrogens with two attached hydrogens (primary N) is 2. The fourth-order valence-electron chi connectivity index (χ4n) is 2.20. The standard InChI is InChI=1S/C16H19N3O2/c17-14-10-13(16(18)21)6-7-15(14)19(8-9-20)11-12-4-2-1-3-5-12/h1-7,10,20H,8-9,11,17H2,(H2,18,21). The minimum absolute atomic E-state index is 0.0177. The molecule has 0 aliphatic heterocycles. The van der Waals surface area contributed by atoms with Crippen molar-refractivity contribution in [2.45, 2.75) is 6.54 Å². The first-order valence-corrected chi connectivity index (χ1v) is 6.71. The molecule has 0 aromatic heterocycles. The molecule has 5 heteroatoms. The van der Waals surface area contributed by atoms with Crippen LogP contribution in [0.1, 0.15) is 15.9 Å². The highest BCUT2D eigenvalue weighted by Crippen LogP contribution is 2.25. The number of aliphatic hydroxyl groups excluding tert-OH is 1. The fraction of sp³-hybridized carbons (Fsp3) is 0.188. The van der Waals surface area contributed by atoms with Gasteiger partial charge in [0.15, 0.2) is 0 Å². The van der Waals surface area contributed by atoms with Gasteiger partial charge in [0.25, 0.3) is 0 Å². The Balaban J connectivity index is 2.27. The average Bonchev–Trinajstić information content (AvgIpc) is 2.48. The van der Waals surface area contributed by atoms with E-state index in [9.17, 15) is 9.90 Å². The predicted molar refractivity (Wildman–Crippen MR) is 84.0 cm³/mol. The number of carbonyl (C=O) groups excluding carboxylic acids is 1. The third kappa shape index (κ3) is 3.73. The van der Waals surface area contributed by atoms with E-state index in [4.69, 9.17) is 11.5 Å². The quantitative estimate of drug-likeness (QED) is 0.699. The van der Waals surface area contributed by atoms with Gasteiger partial charge in [0.1, 0.15) is 0 Å². The average molecular weight is 285 g/mol. The molecule has 0 saturated carbocycles.